The van der Waals surface area contributed by atoms with Gasteiger partial charge in [0.05, 0.1) is 12.7 Å². The molecule has 12 heteroatoms. The van der Waals surface area contributed by atoms with Gasteiger partial charge in [-0.05, 0) is 46.7 Å². The van der Waals surface area contributed by atoms with Gasteiger partial charge in [-0.1, -0.05) is 15.9 Å². The number of phenolic OH excluding ortho intramolecular Hbond substituents is 1. The molecule has 4 rings (SSSR count). The van der Waals surface area contributed by atoms with Crippen molar-refractivity contribution in [2.45, 2.75) is 0 Å². The minimum atomic E-state index is -0.390. The molecule has 0 bridgehead atoms. The molecule has 0 saturated carbocycles. The molecule has 0 fully saturated rings. The number of hydrogen-bond acceptors (Lipinski definition) is 10. The summed E-state index contributed by atoms with van der Waals surface area (Å²) in [5.41, 5.74) is 1.24. The zero-order chi connectivity index (χ0) is 21.3. The summed E-state index contributed by atoms with van der Waals surface area (Å²) >= 11 is 3.36. The Balaban J connectivity index is 1.90. The highest BCUT2D eigenvalue weighted by Crippen LogP contribution is 2.36. The van der Waals surface area contributed by atoms with E-state index in [0.717, 1.165) is 0 Å². The number of ether oxygens (including phenoxy) is 1. The fraction of sp³-hybridized carbons (Fsp3) is 0.0556. The van der Waals surface area contributed by atoms with Crippen LogP contribution in [0, 0.1) is 5.82 Å². The van der Waals surface area contributed by atoms with Crippen molar-refractivity contribution >= 4 is 44.4 Å². The average molecular weight is 474 g/mol. The van der Waals surface area contributed by atoms with E-state index in [1.807, 2.05) is 0 Å². The number of phenols is 1. The maximum absolute atomic E-state index is 13.3. The summed E-state index contributed by atoms with van der Waals surface area (Å²) in [6.45, 7) is 0. The zero-order valence-corrected chi connectivity index (χ0v) is 16.9. The molecule has 10 nitrogen and oxygen atoms in total. The molecule has 0 amide bonds. The molecule has 30 heavy (non-hydrogen) atoms. The molecule has 0 atom stereocenters. The summed E-state index contributed by atoms with van der Waals surface area (Å²) in [7, 11) is 1.42. The fourth-order valence-corrected chi connectivity index (χ4v) is 3.17. The third kappa shape index (κ3) is 3.59. The molecule has 2 aromatic carbocycles. The van der Waals surface area contributed by atoms with Crippen molar-refractivity contribution < 1.29 is 18.9 Å². The van der Waals surface area contributed by atoms with E-state index in [0.29, 0.717) is 10.2 Å². The number of nitrogens with one attached hydrogen (secondary N) is 1. The number of hydrazone groups is 1. The summed E-state index contributed by atoms with van der Waals surface area (Å²) in [4.78, 5) is 8.72. The van der Waals surface area contributed by atoms with Gasteiger partial charge in [0.25, 0.3) is 0 Å². The second kappa shape index (κ2) is 7.91. The maximum Gasteiger partial charge on any atom is 0.245 e. The number of aromatic nitrogens is 4. The molecular formula is C18H13BrFN7O3. The Morgan fingerprint density at radius 2 is 1.90 bits per heavy atom. The van der Waals surface area contributed by atoms with E-state index >= 15 is 0 Å². The normalized spacial score (nSPS) is 11.6. The van der Waals surface area contributed by atoms with E-state index < -0.39 is 5.82 Å². The first kappa shape index (κ1) is 19.5. The first-order valence-corrected chi connectivity index (χ1v) is 9.17. The molecule has 0 spiro atoms. The van der Waals surface area contributed by atoms with Gasteiger partial charge in [-0.2, -0.15) is 5.10 Å². The molecule has 2 heterocycles. The average Bonchev–Trinajstić information content (AvgIpc) is 3.19. The van der Waals surface area contributed by atoms with Crippen molar-refractivity contribution in [2.24, 2.45) is 10.9 Å². The standard InChI is InChI=1S/C18H13BrFN7O3/c1-29-12-7-8(19)6-11(15(12)28)13(25-21)14-16(22-10-4-2-9(20)3-5-10)24-18-17(23-14)26-30-27-18/h2-7,28H,21H2,1H3,(H,22,24,27). The van der Waals surface area contributed by atoms with Crippen molar-refractivity contribution in [3.8, 4) is 11.5 Å². The predicted molar refractivity (Wildman–Crippen MR) is 109 cm³/mol. The Hall–Kier alpha value is -3.80. The van der Waals surface area contributed by atoms with Gasteiger partial charge < -0.3 is 21.0 Å². The molecule has 0 aliphatic rings. The molecule has 0 unspecified atom stereocenters. The number of fused-ring (bicyclic) bond motifs is 1. The molecule has 0 radical (unpaired) electrons. The van der Waals surface area contributed by atoms with E-state index in [-0.39, 0.29) is 45.6 Å². The topological polar surface area (TPSA) is 145 Å². The van der Waals surface area contributed by atoms with Crippen LogP contribution in [0.4, 0.5) is 15.9 Å². The third-order valence-corrected chi connectivity index (χ3v) is 4.55. The number of aromatic hydroxyl groups is 1. The first-order valence-electron chi connectivity index (χ1n) is 8.38. The Labute approximate surface area is 176 Å². The molecule has 0 saturated heterocycles. The van der Waals surface area contributed by atoms with Gasteiger partial charge in [-0.25, -0.2) is 19.0 Å². The molecule has 2 aromatic heterocycles. The second-order valence-corrected chi connectivity index (χ2v) is 6.86. The van der Waals surface area contributed by atoms with Gasteiger partial charge >= 0.3 is 0 Å². The fourth-order valence-electron chi connectivity index (χ4n) is 2.73. The molecule has 4 aromatic rings. The highest BCUT2D eigenvalue weighted by molar-refractivity contribution is 9.10. The van der Waals surface area contributed by atoms with Crippen LogP contribution in [-0.2, 0) is 0 Å². The Morgan fingerprint density at radius 3 is 2.57 bits per heavy atom. The molecule has 152 valence electrons. The smallest absolute Gasteiger partial charge is 0.245 e. The van der Waals surface area contributed by atoms with Crippen molar-refractivity contribution in [1.82, 2.24) is 20.3 Å². The van der Waals surface area contributed by atoms with Crippen LogP contribution < -0.4 is 15.9 Å². The van der Waals surface area contributed by atoms with Crippen LogP contribution in [0.25, 0.3) is 11.3 Å². The van der Waals surface area contributed by atoms with Gasteiger partial charge in [0.15, 0.2) is 17.3 Å². The lowest BCUT2D eigenvalue weighted by molar-refractivity contribution is 0.314. The summed E-state index contributed by atoms with van der Waals surface area (Å²) in [5.74, 6) is 5.47. The van der Waals surface area contributed by atoms with E-state index in [2.05, 4.69) is 51.3 Å². The summed E-state index contributed by atoms with van der Waals surface area (Å²) in [5, 5.41) is 24.8. The van der Waals surface area contributed by atoms with E-state index in [4.69, 9.17) is 10.6 Å². The highest BCUT2D eigenvalue weighted by atomic mass is 79.9. The van der Waals surface area contributed by atoms with Crippen LogP contribution in [0.3, 0.4) is 0 Å². The summed E-state index contributed by atoms with van der Waals surface area (Å²) in [6, 6.07) is 8.79. The molecule has 4 N–H and O–H groups in total. The van der Waals surface area contributed by atoms with Crippen molar-refractivity contribution in [3.05, 3.63) is 57.9 Å². The van der Waals surface area contributed by atoms with Crippen LogP contribution in [-0.4, -0.2) is 38.2 Å². The quantitative estimate of drug-likeness (QED) is 0.226. The summed E-state index contributed by atoms with van der Waals surface area (Å²) in [6.07, 6.45) is 0. The zero-order valence-electron chi connectivity index (χ0n) is 15.3. The van der Waals surface area contributed by atoms with Crippen LogP contribution in [0.5, 0.6) is 11.5 Å². The lowest BCUT2D eigenvalue weighted by Gasteiger charge is -2.14. The maximum atomic E-state index is 13.3. The predicted octanol–water partition coefficient (Wildman–Crippen LogP) is 3.08. The van der Waals surface area contributed by atoms with Crippen LogP contribution in [0.1, 0.15) is 11.3 Å². The van der Waals surface area contributed by atoms with Crippen LogP contribution in [0.15, 0.2) is 50.6 Å². The number of methoxy groups -OCH3 is 1. The van der Waals surface area contributed by atoms with E-state index in [1.54, 1.807) is 12.1 Å². The SMILES string of the molecule is COc1cc(Br)cc(C(=NN)c2nc3nonc3nc2Nc2ccc(F)cc2)c1O. The number of halogens is 2. The molecule has 0 aliphatic carbocycles. The van der Waals surface area contributed by atoms with Crippen LogP contribution in [0.2, 0.25) is 0 Å². The number of nitrogens with zero attached hydrogens (tertiary/aromatic N) is 5. The monoisotopic (exact) mass is 473 g/mol. The summed E-state index contributed by atoms with van der Waals surface area (Å²) < 4.78 is 23.8. The number of nitrogens with two attached hydrogens (primary N) is 1. The van der Waals surface area contributed by atoms with Crippen molar-refractivity contribution in [1.29, 1.82) is 0 Å². The minimum Gasteiger partial charge on any atom is -0.504 e. The molecule has 0 aliphatic heterocycles. The van der Waals surface area contributed by atoms with E-state index in [9.17, 15) is 9.50 Å². The van der Waals surface area contributed by atoms with Gasteiger partial charge in [0.1, 0.15) is 17.2 Å². The van der Waals surface area contributed by atoms with Crippen molar-refractivity contribution in [2.75, 3.05) is 12.4 Å². The number of benzene rings is 2. The number of hydrogen-bond donors (Lipinski definition) is 3. The highest BCUT2D eigenvalue weighted by Gasteiger charge is 2.23. The second-order valence-electron chi connectivity index (χ2n) is 5.95. The molecular weight excluding hydrogens is 461 g/mol. The van der Waals surface area contributed by atoms with E-state index in [1.165, 1.54) is 31.4 Å². The third-order valence-electron chi connectivity index (χ3n) is 4.09. The lowest BCUT2D eigenvalue weighted by atomic mass is 10.0. The van der Waals surface area contributed by atoms with Crippen LogP contribution >= 0.6 is 15.9 Å². The first-order chi connectivity index (χ1) is 14.5. The largest absolute Gasteiger partial charge is 0.504 e. The number of rotatable bonds is 5. The van der Waals surface area contributed by atoms with Gasteiger partial charge in [0.2, 0.25) is 11.3 Å². The Kier molecular flexibility index (Phi) is 5.14. The Morgan fingerprint density at radius 1 is 1.20 bits per heavy atom. The van der Waals surface area contributed by atoms with Crippen molar-refractivity contribution in [3.63, 3.8) is 0 Å². The van der Waals surface area contributed by atoms with Gasteiger partial charge in [-0.3, -0.25) is 0 Å². The number of anilines is 2. The lowest BCUT2D eigenvalue weighted by Crippen LogP contribution is -2.14. The minimum absolute atomic E-state index is 0.0918. The van der Waals surface area contributed by atoms with Gasteiger partial charge in [0, 0.05) is 10.2 Å². The Bertz CT molecular complexity index is 1260. The van der Waals surface area contributed by atoms with Gasteiger partial charge in [-0.15, -0.1) is 0 Å².